The molecule has 1 aliphatic rings. The SMILES string of the molecule is COCCOc1ccc(C(=O)NC(=S)Nc2cccc(OCC3CCCO3)c2)cc1Br. The first-order valence-electron chi connectivity index (χ1n) is 9.93. The lowest BCUT2D eigenvalue weighted by Gasteiger charge is -2.14. The van der Waals surface area contributed by atoms with Crippen molar-refractivity contribution in [2.75, 3.05) is 38.9 Å². The molecule has 0 saturated carbocycles. The Balaban J connectivity index is 1.51. The van der Waals surface area contributed by atoms with E-state index in [1.165, 1.54) is 0 Å². The van der Waals surface area contributed by atoms with Crippen LogP contribution in [0.3, 0.4) is 0 Å². The van der Waals surface area contributed by atoms with Gasteiger partial charge < -0.3 is 24.3 Å². The van der Waals surface area contributed by atoms with Gasteiger partial charge in [-0.05, 0) is 71.3 Å². The van der Waals surface area contributed by atoms with Gasteiger partial charge in [-0.15, -0.1) is 0 Å². The third kappa shape index (κ3) is 7.46. The van der Waals surface area contributed by atoms with E-state index in [2.05, 4.69) is 26.6 Å². The van der Waals surface area contributed by atoms with Crippen molar-refractivity contribution in [3.8, 4) is 11.5 Å². The zero-order valence-corrected chi connectivity index (χ0v) is 19.6. The van der Waals surface area contributed by atoms with Gasteiger partial charge in [0.2, 0.25) is 0 Å². The second-order valence-electron chi connectivity index (χ2n) is 6.87. The largest absolute Gasteiger partial charge is 0.491 e. The number of carbonyl (C=O) groups is 1. The van der Waals surface area contributed by atoms with Crippen LogP contribution in [0.4, 0.5) is 5.69 Å². The van der Waals surface area contributed by atoms with Crippen LogP contribution in [0.2, 0.25) is 0 Å². The fourth-order valence-electron chi connectivity index (χ4n) is 2.96. The third-order valence-corrected chi connectivity index (χ3v) is 5.34. The number of halogens is 1. The Bertz CT molecular complexity index is 905. The monoisotopic (exact) mass is 508 g/mol. The van der Waals surface area contributed by atoms with Crippen LogP contribution in [-0.2, 0) is 9.47 Å². The highest BCUT2D eigenvalue weighted by molar-refractivity contribution is 9.10. The Morgan fingerprint density at radius 2 is 2.10 bits per heavy atom. The van der Waals surface area contributed by atoms with E-state index in [9.17, 15) is 4.79 Å². The number of methoxy groups -OCH3 is 1. The van der Waals surface area contributed by atoms with Gasteiger partial charge in [-0.1, -0.05) is 6.07 Å². The van der Waals surface area contributed by atoms with E-state index >= 15 is 0 Å². The van der Waals surface area contributed by atoms with Gasteiger partial charge in [0.25, 0.3) is 5.91 Å². The molecule has 166 valence electrons. The van der Waals surface area contributed by atoms with Crippen LogP contribution < -0.4 is 20.1 Å². The van der Waals surface area contributed by atoms with Gasteiger partial charge in [0.15, 0.2) is 5.11 Å². The molecule has 0 spiro atoms. The molecule has 1 heterocycles. The predicted molar refractivity (Wildman–Crippen MR) is 126 cm³/mol. The lowest BCUT2D eigenvalue weighted by Crippen LogP contribution is -2.34. The summed E-state index contributed by atoms with van der Waals surface area (Å²) in [5, 5.41) is 5.88. The standard InChI is InChI=1S/C22H25BrN2O5S/c1-27-10-11-29-20-8-7-15(12-19(20)23)21(26)25-22(31)24-16-4-2-5-17(13-16)30-14-18-6-3-9-28-18/h2,4-5,7-8,12-13,18H,3,6,9-11,14H2,1H3,(H2,24,25,26,31). The molecule has 0 aromatic heterocycles. The molecule has 0 aliphatic carbocycles. The van der Waals surface area contributed by atoms with Crippen molar-refractivity contribution in [2.24, 2.45) is 0 Å². The Hall–Kier alpha value is -2.20. The second-order valence-corrected chi connectivity index (χ2v) is 8.13. The van der Waals surface area contributed by atoms with Gasteiger partial charge in [-0.3, -0.25) is 10.1 Å². The molecule has 9 heteroatoms. The average molecular weight is 509 g/mol. The van der Waals surface area contributed by atoms with Crippen molar-refractivity contribution in [1.29, 1.82) is 0 Å². The van der Waals surface area contributed by atoms with Crippen molar-refractivity contribution >= 4 is 44.9 Å². The molecule has 1 unspecified atom stereocenters. The van der Waals surface area contributed by atoms with Crippen molar-refractivity contribution in [1.82, 2.24) is 5.32 Å². The van der Waals surface area contributed by atoms with E-state index in [0.717, 1.165) is 25.1 Å². The third-order valence-electron chi connectivity index (χ3n) is 4.52. The number of ether oxygens (including phenoxy) is 4. The number of thiocarbonyl (C=S) groups is 1. The molecule has 1 amide bonds. The molecule has 7 nitrogen and oxygen atoms in total. The number of anilines is 1. The normalized spacial score (nSPS) is 15.4. The molecule has 31 heavy (non-hydrogen) atoms. The smallest absolute Gasteiger partial charge is 0.257 e. The molecule has 1 saturated heterocycles. The van der Waals surface area contributed by atoms with E-state index < -0.39 is 0 Å². The molecule has 1 fully saturated rings. The number of rotatable bonds is 9. The van der Waals surface area contributed by atoms with Crippen LogP contribution in [-0.4, -0.2) is 50.7 Å². The average Bonchev–Trinajstić information content (AvgIpc) is 3.27. The number of hydrogen-bond donors (Lipinski definition) is 2. The lowest BCUT2D eigenvalue weighted by atomic mass is 10.2. The van der Waals surface area contributed by atoms with E-state index in [1.54, 1.807) is 25.3 Å². The molecule has 1 atom stereocenters. The van der Waals surface area contributed by atoms with Gasteiger partial charge in [-0.2, -0.15) is 0 Å². The van der Waals surface area contributed by atoms with E-state index in [-0.39, 0.29) is 17.1 Å². The number of benzene rings is 2. The van der Waals surface area contributed by atoms with Crippen LogP contribution in [0, 0.1) is 0 Å². The van der Waals surface area contributed by atoms with Gasteiger partial charge in [-0.25, -0.2) is 0 Å². The van der Waals surface area contributed by atoms with Gasteiger partial charge >= 0.3 is 0 Å². The number of carbonyl (C=O) groups excluding carboxylic acids is 1. The summed E-state index contributed by atoms with van der Waals surface area (Å²) in [7, 11) is 1.61. The zero-order chi connectivity index (χ0) is 22.1. The van der Waals surface area contributed by atoms with E-state index in [1.807, 2.05) is 24.3 Å². The maximum atomic E-state index is 12.5. The molecule has 2 N–H and O–H groups in total. The topological polar surface area (TPSA) is 78.1 Å². The first-order chi connectivity index (χ1) is 15.0. The first kappa shape index (κ1) is 23.5. The van der Waals surface area contributed by atoms with Crippen LogP contribution >= 0.6 is 28.1 Å². The van der Waals surface area contributed by atoms with Gasteiger partial charge in [0.1, 0.15) is 24.7 Å². The molecule has 2 aromatic carbocycles. The quantitative estimate of drug-likeness (QED) is 0.388. The molecule has 2 aromatic rings. The highest BCUT2D eigenvalue weighted by Gasteiger charge is 2.16. The zero-order valence-electron chi connectivity index (χ0n) is 17.2. The number of hydrogen-bond acceptors (Lipinski definition) is 6. The van der Waals surface area contributed by atoms with Crippen molar-refractivity contribution in [3.63, 3.8) is 0 Å². The lowest BCUT2D eigenvalue weighted by molar-refractivity contribution is 0.0680. The summed E-state index contributed by atoms with van der Waals surface area (Å²) in [6.45, 7) is 2.22. The maximum Gasteiger partial charge on any atom is 0.257 e. The molecular weight excluding hydrogens is 484 g/mol. The Morgan fingerprint density at radius 1 is 1.23 bits per heavy atom. The molecular formula is C22H25BrN2O5S. The summed E-state index contributed by atoms with van der Waals surface area (Å²) in [5.41, 5.74) is 1.17. The molecule has 0 radical (unpaired) electrons. The summed E-state index contributed by atoms with van der Waals surface area (Å²) >= 11 is 8.70. The number of nitrogens with one attached hydrogen (secondary N) is 2. The van der Waals surface area contributed by atoms with Crippen molar-refractivity contribution in [3.05, 3.63) is 52.5 Å². The first-order valence-corrected chi connectivity index (χ1v) is 11.1. The van der Waals surface area contributed by atoms with Gasteiger partial charge in [0, 0.05) is 31.0 Å². The summed E-state index contributed by atoms with van der Waals surface area (Å²) in [5.74, 6) is 1.02. The summed E-state index contributed by atoms with van der Waals surface area (Å²) in [6, 6.07) is 12.5. The van der Waals surface area contributed by atoms with Crippen LogP contribution in [0.5, 0.6) is 11.5 Å². The van der Waals surface area contributed by atoms with E-state index in [4.69, 9.17) is 31.2 Å². The van der Waals surface area contributed by atoms with E-state index in [0.29, 0.717) is 41.4 Å². The summed E-state index contributed by atoms with van der Waals surface area (Å²) < 4.78 is 22.6. The molecule has 0 bridgehead atoms. The second kappa shape index (κ2) is 12.0. The minimum absolute atomic E-state index is 0.146. The van der Waals surface area contributed by atoms with Crippen LogP contribution in [0.25, 0.3) is 0 Å². The molecule has 1 aliphatic heterocycles. The summed E-state index contributed by atoms with van der Waals surface area (Å²) in [4.78, 5) is 12.5. The molecule has 3 rings (SSSR count). The highest BCUT2D eigenvalue weighted by Crippen LogP contribution is 2.26. The van der Waals surface area contributed by atoms with Crippen molar-refractivity contribution in [2.45, 2.75) is 18.9 Å². The Kier molecular flexibility index (Phi) is 9.08. The fraction of sp³-hybridized carbons (Fsp3) is 0.364. The fourth-order valence-corrected chi connectivity index (χ4v) is 3.66. The van der Waals surface area contributed by atoms with Crippen LogP contribution in [0.1, 0.15) is 23.2 Å². The maximum absolute atomic E-state index is 12.5. The van der Waals surface area contributed by atoms with Gasteiger partial charge in [0.05, 0.1) is 17.2 Å². The summed E-state index contributed by atoms with van der Waals surface area (Å²) in [6.07, 6.45) is 2.24. The predicted octanol–water partition coefficient (Wildman–Crippen LogP) is 4.16. The van der Waals surface area contributed by atoms with Crippen molar-refractivity contribution < 1.29 is 23.7 Å². The highest BCUT2D eigenvalue weighted by atomic mass is 79.9. The minimum Gasteiger partial charge on any atom is -0.491 e. The Morgan fingerprint density at radius 3 is 2.84 bits per heavy atom. The van der Waals surface area contributed by atoms with Crippen LogP contribution in [0.15, 0.2) is 46.9 Å². The minimum atomic E-state index is -0.326. The Labute approximate surface area is 195 Å². The number of amides is 1.